The lowest BCUT2D eigenvalue weighted by molar-refractivity contribution is 0.218. The largest absolute Gasteiger partial charge is 0.329 e. The standard InChI is InChI=1S/C10H23N3O2S/c1-10(2,3)12-16(14,15)13(8-7-11)9-5-4-6-9/h9,12H,4-8,11H2,1-3H3. The molecule has 0 radical (unpaired) electrons. The van der Waals surface area contributed by atoms with Gasteiger partial charge in [-0.3, -0.25) is 0 Å². The summed E-state index contributed by atoms with van der Waals surface area (Å²) in [4.78, 5) is 0. The zero-order valence-corrected chi connectivity index (χ0v) is 11.2. The predicted octanol–water partition coefficient (Wildman–Crippen LogP) is 0.433. The van der Waals surface area contributed by atoms with Crippen LogP contribution in [0.1, 0.15) is 40.0 Å². The Bertz CT molecular complexity index is 317. The fourth-order valence-corrected chi connectivity index (χ4v) is 3.59. The van der Waals surface area contributed by atoms with Crippen molar-refractivity contribution in [1.29, 1.82) is 0 Å². The quantitative estimate of drug-likeness (QED) is 0.742. The molecule has 0 aliphatic heterocycles. The van der Waals surface area contributed by atoms with Crippen LogP contribution in [-0.2, 0) is 10.2 Å². The Balaban J connectivity index is 2.75. The van der Waals surface area contributed by atoms with Crippen LogP contribution in [0, 0.1) is 0 Å². The number of rotatable bonds is 5. The third-order valence-corrected chi connectivity index (χ3v) is 4.54. The van der Waals surface area contributed by atoms with Crippen LogP contribution in [-0.4, -0.2) is 37.4 Å². The topological polar surface area (TPSA) is 75.4 Å². The van der Waals surface area contributed by atoms with Gasteiger partial charge in [0.1, 0.15) is 0 Å². The van der Waals surface area contributed by atoms with Crippen molar-refractivity contribution < 1.29 is 8.42 Å². The van der Waals surface area contributed by atoms with E-state index in [2.05, 4.69) is 4.72 Å². The van der Waals surface area contributed by atoms with Crippen molar-refractivity contribution in [2.45, 2.75) is 51.6 Å². The average molecular weight is 249 g/mol. The van der Waals surface area contributed by atoms with Gasteiger partial charge in [0.25, 0.3) is 10.2 Å². The van der Waals surface area contributed by atoms with Crippen molar-refractivity contribution >= 4 is 10.2 Å². The summed E-state index contributed by atoms with van der Waals surface area (Å²) >= 11 is 0. The van der Waals surface area contributed by atoms with Crippen molar-refractivity contribution in [3.8, 4) is 0 Å². The third-order valence-electron chi connectivity index (χ3n) is 2.58. The summed E-state index contributed by atoms with van der Waals surface area (Å²) in [5.41, 5.74) is 5.02. The molecule has 0 unspecified atom stereocenters. The first-order valence-corrected chi connectivity index (χ1v) is 7.21. The maximum absolute atomic E-state index is 12.1. The summed E-state index contributed by atoms with van der Waals surface area (Å²) in [5, 5.41) is 0. The fraction of sp³-hybridized carbons (Fsp3) is 1.00. The lowest BCUT2D eigenvalue weighted by Crippen LogP contribution is -2.55. The van der Waals surface area contributed by atoms with Crippen LogP contribution in [0.5, 0.6) is 0 Å². The lowest BCUT2D eigenvalue weighted by atomic mass is 9.93. The van der Waals surface area contributed by atoms with E-state index in [1.807, 2.05) is 20.8 Å². The molecule has 0 aromatic carbocycles. The molecule has 0 aromatic rings. The molecule has 0 bridgehead atoms. The molecule has 3 N–H and O–H groups in total. The molecule has 0 saturated heterocycles. The summed E-state index contributed by atoms with van der Waals surface area (Å²) < 4.78 is 28.4. The molecule has 0 heterocycles. The molecular formula is C10H23N3O2S. The molecule has 96 valence electrons. The Kier molecular flexibility index (Phi) is 4.34. The first kappa shape index (κ1) is 13.9. The Labute approximate surface area is 98.6 Å². The number of nitrogens with two attached hydrogens (primary N) is 1. The molecule has 0 atom stereocenters. The van der Waals surface area contributed by atoms with Crippen LogP contribution in [0.3, 0.4) is 0 Å². The summed E-state index contributed by atoms with van der Waals surface area (Å²) in [6.07, 6.45) is 3.01. The molecule has 1 aliphatic carbocycles. The normalized spacial score (nSPS) is 18.8. The zero-order chi connectivity index (χ0) is 12.4. The van der Waals surface area contributed by atoms with Gasteiger partial charge in [0.2, 0.25) is 0 Å². The van der Waals surface area contributed by atoms with E-state index in [0.29, 0.717) is 13.1 Å². The van der Waals surface area contributed by atoms with Crippen LogP contribution in [0.4, 0.5) is 0 Å². The van der Waals surface area contributed by atoms with E-state index >= 15 is 0 Å². The van der Waals surface area contributed by atoms with Gasteiger partial charge in [0.05, 0.1) is 0 Å². The van der Waals surface area contributed by atoms with E-state index < -0.39 is 15.7 Å². The minimum atomic E-state index is -3.40. The van der Waals surface area contributed by atoms with Gasteiger partial charge in [-0.15, -0.1) is 0 Å². The second-order valence-corrected chi connectivity index (χ2v) is 6.96. The number of nitrogens with one attached hydrogen (secondary N) is 1. The molecule has 1 saturated carbocycles. The summed E-state index contributed by atoms with van der Waals surface area (Å²) in [6.45, 7) is 6.28. The van der Waals surface area contributed by atoms with Crippen molar-refractivity contribution in [3.63, 3.8) is 0 Å². The maximum atomic E-state index is 12.1. The SMILES string of the molecule is CC(C)(C)NS(=O)(=O)N(CCN)C1CCC1. The van der Waals surface area contributed by atoms with Crippen molar-refractivity contribution in [1.82, 2.24) is 9.03 Å². The summed E-state index contributed by atoms with van der Waals surface area (Å²) in [5.74, 6) is 0. The van der Waals surface area contributed by atoms with Gasteiger partial charge in [-0.1, -0.05) is 6.42 Å². The minimum absolute atomic E-state index is 0.142. The van der Waals surface area contributed by atoms with E-state index in [-0.39, 0.29) is 6.04 Å². The molecule has 1 aliphatic rings. The fourth-order valence-electron chi connectivity index (χ4n) is 1.75. The van der Waals surface area contributed by atoms with Gasteiger partial charge in [-0.25, -0.2) is 0 Å². The van der Waals surface area contributed by atoms with Crippen molar-refractivity contribution in [2.24, 2.45) is 5.73 Å². The predicted molar refractivity (Wildman–Crippen MR) is 65.2 cm³/mol. The monoisotopic (exact) mass is 249 g/mol. The number of hydrogen-bond donors (Lipinski definition) is 2. The Morgan fingerprint density at radius 2 is 1.94 bits per heavy atom. The highest BCUT2D eigenvalue weighted by molar-refractivity contribution is 7.87. The van der Waals surface area contributed by atoms with Crippen LogP contribution < -0.4 is 10.5 Å². The van der Waals surface area contributed by atoms with Crippen molar-refractivity contribution in [3.05, 3.63) is 0 Å². The first-order chi connectivity index (χ1) is 7.26. The molecule has 1 rings (SSSR count). The van der Waals surface area contributed by atoms with Crippen LogP contribution in [0.2, 0.25) is 0 Å². The van der Waals surface area contributed by atoms with E-state index in [1.54, 1.807) is 0 Å². The molecular weight excluding hydrogens is 226 g/mol. The zero-order valence-electron chi connectivity index (χ0n) is 10.4. The minimum Gasteiger partial charge on any atom is -0.329 e. The van der Waals surface area contributed by atoms with Crippen LogP contribution in [0.25, 0.3) is 0 Å². The summed E-state index contributed by atoms with van der Waals surface area (Å²) in [7, 11) is -3.40. The Morgan fingerprint density at radius 1 is 1.38 bits per heavy atom. The Hall–Kier alpha value is -0.170. The number of hydrogen-bond acceptors (Lipinski definition) is 3. The van der Waals surface area contributed by atoms with Gasteiger partial charge in [0.15, 0.2) is 0 Å². The average Bonchev–Trinajstić information content (AvgIpc) is 1.95. The van der Waals surface area contributed by atoms with Crippen molar-refractivity contribution in [2.75, 3.05) is 13.1 Å². The molecule has 16 heavy (non-hydrogen) atoms. The first-order valence-electron chi connectivity index (χ1n) is 5.77. The molecule has 1 fully saturated rings. The molecule has 0 spiro atoms. The smallest absolute Gasteiger partial charge is 0.280 e. The molecule has 6 heteroatoms. The van der Waals surface area contributed by atoms with Gasteiger partial charge in [-0.2, -0.15) is 17.4 Å². The lowest BCUT2D eigenvalue weighted by Gasteiger charge is -2.37. The summed E-state index contributed by atoms with van der Waals surface area (Å²) in [6, 6.07) is 0.142. The van der Waals surface area contributed by atoms with Gasteiger partial charge in [0, 0.05) is 24.7 Å². The highest BCUT2D eigenvalue weighted by Gasteiger charge is 2.35. The maximum Gasteiger partial charge on any atom is 0.280 e. The van der Waals surface area contributed by atoms with Crippen LogP contribution in [0.15, 0.2) is 0 Å². The van der Waals surface area contributed by atoms with Crippen LogP contribution >= 0.6 is 0 Å². The van der Waals surface area contributed by atoms with E-state index in [9.17, 15) is 8.42 Å². The number of nitrogens with zero attached hydrogens (tertiary/aromatic N) is 1. The molecule has 0 aromatic heterocycles. The van der Waals surface area contributed by atoms with Gasteiger partial charge >= 0.3 is 0 Å². The second kappa shape index (κ2) is 5.00. The van der Waals surface area contributed by atoms with Gasteiger partial charge < -0.3 is 5.73 Å². The Morgan fingerprint density at radius 3 is 2.25 bits per heavy atom. The van der Waals surface area contributed by atoms with E-state index in [4.69, 9.17) is 5.73 Å². The second-order valence-electron chi connectivity index (χ2n) is 5.34. The van der Waals surface area contributed by atoms with E-state index in [0.717, 1.165) is 19.3 Å². The molecule has 0 amide bonds. The molecule has 5 nitrogen and oxygen atoms in total. The third kappa shape index (κ3) is 3.69. The highest BCUT2D eigenvalue weighted by Crippen LogP contribution is 2.26. The highest BCUT2D eigenvalue weighted by atomic mass is 32.2. The van der Waals surface area contributed by atoms with E-state index in [1.165, 1.54) is 4.31 Å². The van der Waals surface area contributed by atoms with Gasteiger partial charge in [-0.05, 0) is 33.6 Å².